The monoisotopic (exact) mass is 285 g/mol. The van der Waals surface area contributed by atoms with Crippen molar-refractivity contribution in [3.63, 3.8) is 0 Å². The number of hydrogen-bond acceptors (Lipinski definition) is 6. The smallest absolute Gasteiger partial charge is 0.307 e. The summed E-state index contributed by atoms with van der Waals surface area (Å²) in [6, 6.07) is 5.66. The first kappa shape index (κ1) is 14.1. The number of aromatic nitrogens is 1. The van der Waals surface area contributed by atoms with E-state index in [9.17, 15) is 8.42 Å². The van der Waals surface area contributed by atoms with Gasteiger partial charge in [-0.05, 0) is 31.7 Å². The fourth-order valence-electron chi connectivity index (χ4n) is 2.17. The van der Waals surface area contributed by atoms with Gasteiger partial charge in [0.05, 0.1) is 6.26 Å². The SMILES string of the molecule is CS(=O)(=O)Oc1cccc(NC2CCC(N)CC2)n1. The van der Waals surface area contributed by atoms with E-state index < -0.39 is 10.1 Å². The highest BCUT2D eigenvalue weighted by Gasteiger charge is 2.18. The molecule has 0 unspecified atom stereocenters. The molecule has 1 aromatic heterocycles. The lowest BCUT2D eigenvalue weighted by atomic mass is 9.92. The van der Waals surface area contributed by atoms with Crippen molar-refractivity contribution in [2.75, 3.05) is 11.6 Å². The van der Waals surface area contributed by atoms with Gasteiger partial charge < -0.3 is 15.2 Å². The number of nitrogens with zero attached hydrogens (tertiary/aromatic N) is 1. The van der Waals surface area contributed by atoms with E-state index in [0.29, 0.717) is 17.9 Å². The lowest BCUT2D eigenvalue weighted by molar-refractivity contribution is 0.410. The molecule has 1 aliphatic carbocycles. The first-order chi connectivity index (χ1) is 8.92. The zero-order valence-corrected chi connectivity index (χ0v) is 11.7. The van der Waals surface area contributed by atoms with E-state index in [1.807, 2.05) is 0 Å². The fourth-order valence-corrected chi connectivity index (χ4v) is 2.57. The Balaban J connectivity index is 1.99. The molecule has 1 heterocycles. The third kappa shape index (κ3) is 4.68. The Bertz CT molecular complexity index is 525. The summed E-state index contributed by atoms with van der Waals surface area (Å²) in [7, 11) is -3.54. The molecule has 106 valence electrons. The van der Waals surface area contributed by atoms with Crippen molar-refractivity contribution in [2.24, 2.45) is 5.73 Å². The molecule has 0 spiro atoms. The van der Waals surface area contributed by atoms with Crippen molar-refractivity contribution in [1.29, 1.82) is 0 Å². The number of anilines is 1. The summed E-state index contributed by atoms with van der Waals surface area (Å²) in [5.41, 5.74) is 5.85. The molecule has 7 heteroatoms. The summed E-state index contributed by atoms with van der Waals surface area (Å²) >= 11 is 0. The summed E-state index contributed by atoms with van der Waals surface area (Å²) in [5, 5.41) is 3.29. The minimum atomic E-state index is -3.54. The standard InChI is InChI=1S/C12H19N3O3S/c1-19(16,17)18-12-4-2-3-11(15-12)14-10-7-5-9(13)6-8-10/h2-4,9-10H,5-8,13H2,1H3,(H,14,15). The molecule has 1 fully saturated rings. The summed E-state index contributed by atoms with van der Waals surface area (Å²) in [4.78, 5) is 4.13. The highest BCUT2D eigenvalue weighted by atomic mass is 32.2. The van der Waals surface area contributed by atoms with E-state index in [1.54, 1.807) is 12.1 Å². The van der Waals surface area contributed by atoms with Gasteiger partial charge in [0, 0.05) is 18.2 Å². The van der Waals surface area contributed by atoms with Crippen LogP contribution in [-0.2, 0) is 10.1 Å². The zero-order valence-electron chi connectivity index (χ0n) is 10.9. The Labute approximate surface area is 113 Å². The summed E-state index contributed by atoms with van der Waals surface area (Å²) in [6.45, 7) is 0. The second-order valence-electron chi connectivity index (χ2n) is 4.90. The van der Waals surface area contributed by atoms with Crippen LogP contribution in [0.4, 0.5) is 5.82 Å². The van der Waals surface area contributed by atoms with Crippen LogP contribution in [0, 0.1) is 0 Å². The van der Waals surface area contributed by atoms with Crippen molar-refractivity contribution < 1.29 is 12.6 Å². The average molecular weight is 285 g/mol. The molecule has 2 rings (SSSR count). The summed E-state index contributed by atoms with van der Waals surface area (Å²) in [6.07, 6.45) is 4.99. The molecule has 0 aliphatic heterocycles. The van der Waals surface area contributed by atoms with Gasteiger partial charge in [0.15, 0.2) is 0 Å². The second kappa shape index (κ2) is 5.75. The topological polar surface area (TPSA) is 94.3 Å². The van der Waals surface area contributed by atoms with Crippen molar-refractivity contribution in [3.05, 3.63) is 18.2 Å². The Hall–Kier alpha value is -1.34. The molecule has 0 radical (unpaired) electrons. The first-order valence-electron chi connectivity index (χ1n) is 6.31. The Kier molecular flexibility index (Phi) is 4.26. The molecule has 0 bridgehead atoms. The Morgan fingerprint density at radius 2 is 2.00 bits per heavy atom. The van der Waals surface area contributed by atoms with Crippen LogP contribution in [-0.4, -0.2) is 31.7 Å². The highest BCUT2D eigenvalue weighted by molar-refractivity contribution is 7.86. The van der Waals surface area contributed by atoms with Gasteiger partial charge in [0.2, 0.25) is 5.88 Å². The number of pyridine rings is 1. The Morgan fingerprint density at radius 1 is 1.32 bits per heavy atom. The average Bonchev–Trinajstić information content (AvgIpc) is 2.30. The highest BCUT2D eigenvalue weighted by Crippen LogP contribution is 2.21. The maximum atomic E-state index is 11.0. The predicted octanol–water partition coefficient (Wildman–Crippen LogP) is 1.10. The molecule has 6 nitrogen and oxygen atoms in total. The fraction of sp³-hybridized carbons (Fsp3) is 0.583. The number of nitrogens with two attached hydrogens (primary N) is 1. The van der Waals surface area contributed by atoms with Crippen LogP contribution in [0.1, 0.15) is 25.7 Å². The number of hydrogen-bond donors (Lipinski definition) is 2. The quantitative estimate of drug-likeness (QED) is 0.805. The maximum Gasteiger partial charge on any atom is 0.307 e. The van der Waals surface area contributed by atoms with Gasteiger partial charge in [-0.3, -0.25) is 0 Å². The molecule has 1 saturated carbocycles. The lowest BCUT2D eigenvalue weighted by Crippen LogP contribution is -2.33. The molecule has 0 aromatic carbocycles. The van der Waals surface area contributed by atoms with Gasteiger partial charge in [-0.15, -0.1) is 0 Å². The molecule has 1 aliphatic rings. The molecule has 0 saturated heterocycles. The largest absolute Gasteiger partial charge is 0.367 e. The van der Waals surface area contributed by atoms with Gasteiger partial charge in [-0.25, -0.2) is 0 Å². The molecular formula is C12H19N3O3S. The lowest BCUT2D eigenvalue weighted by Gasteiger charge is -2.27. The number of nitrogens with one attached hydrogen (secondary N) is 1. The third-order valence-electron chi connectivity index (χ3n) is 3.08. The molecule has 0 amide bonds. The molecule has 1 aromatic rings. The minimum absolute atomic E-state index is 0.0833. The van der Waals surface area contributed by atoms with Crippen LogP contribution in [0.5, 0.6) is 5.88 Å². The second-order valence-corrected chi connectivity index (χ2v) is 6.48. The maximum absolute atomic E-state index is 11.0. The van der Waals surface area contributed by atoms with Crippen LogP contribution < -0.4 is 15.2 Å². The van der Waals surface area contributed by atoms with Crippen molar-refractivity contribution in [1.82, 2.24) is 4.98 Å². The van der Waals surface area contributed by atoms with E-state index in [0.717, 1.165) is 31.9 Å². The van der Waals surface area contributed by atoms with Crippen LogP contribution in [0.25, 0.3) is 0 Å². The van der Waals surface area contributed by atoms with E-state index in [4.69, 9.17) is 9.92 Å². The molecule has 0 atom stereocenters. The van der Waals surface area contributed by atoms with Gasteiger partial charge in [0.25, 0.3) is 0 Å². The van der Waals surface area contributed by atoms with Crippen LogP contribution in [0.15, 0.2) is 18.2 Å². The Morgan fingerprint density at radius 3 is 2.63 bits per heavy atom. The summed E-state index contributed by atoms with van der Waals surface area (Å²) in [5.74, 6) is 0.710. The van der Waals surface area contributed by atoms with Gasteiger partial charge >= 0.3 is 10.1 Å². The van der Waals surface area contributed by atoms with Gasteiger partial charge in [-0.1, -0.05) is 6.07 Å². The van der Waals surface area contributed by atoms with Crippen LogP contribution in [0.2, 0.25) is 0 Å². The van der Waals surface area contributed by atoms with E-state index >= 15 is 0 Å². The zero-order chi connectivity index (χ0) is 13.9. The van der Waals surface area contributed by atoms with Crippen molar-refractivity contribution in [2.45, 2.75) is 37.8 Å². The minimum Gasteiger partial charge on any atom is -0.367 e. The summed E-state index contributed by atoms with van der Waals surface area (Å²) < 4.78 is 26.8. The normalized spacial score (nSPS) is 23.9. The van der Waals surface area contributed by atoms with E-state index in [2.05, 4.69) is 10.3 Å². The number of rotatable bonds is 4. The molecule has 19 heavy (non-hydrogen) atoms. The van der Waals surface area contributed by atoms with E-state index in [1.165, 1.54) is 6.07 Å². The first-order valence-corrected chi connectivity index (χ1v) is 8.13. The van der Waals surface area contributed by atoms with Gasteiger partial charge in [0.1, 0.15) is 5.82 Å². The van der Waals surface area contributed by atoms with Crippen molar-refractivity contribution in [3.8, 4) is 5.88 Å². The predicted molar refractivity (Wildman–Crippen MR) is 73.6 cm³/mol. The third-order valence-corrected chi connectivity index (χ3v) is 3.56. The van der Waals surface area contributed by atoms with Crippen molar-refractivity contribution >= 4 is 15.9 Å². The van der Waals surface area contributed by atoms with Crippen LogP contribution in [0.3, 0.4) is 0 Å². The van der Waals surface area contributed by atoms with Crippen LogP contribution >= 0.6 is 0 Å². The molecular weight excluding hydrogens is 266 g/mol. The van der Waals surface area contributed by atoms with Gasteiger partial charge in [-0.2, -0.15) is 13.4 Å². The molecule has 3 N–H and O–H groups in total. The van der Waals surface area contributed by atoms with E-state index in [-0.39, 0.29) is 5.88 Å².